The van der Waals surface area contributed by atoms with E-state index in [0.717, 1.165) is 32.1 Å². The molecule has 4 aliphatic rings. The summed E-state index contributed by atoms with van der Waals surface area (Å²) >= 11 is 0. The van der Waals surface area contributed by atoms with E-state index in [1.807, 2.05) is 6.92 Å². The molecule has 2 saturated heterocycles. The van der Waals surface area contributed by atoms with Gasteiger partial charge in [-0.1, -0.05) is 40.0 Å². The molecule has 4 fully saturated rings. The van der Waals surface area contributed by atoms with E-state index in [2.05, 4.69) is 29.8 Å². The van der Waals surface area contributed by atoms with Gasteiger partial charge in [0.1, 0.15) is 23.7 Å². The molecule has 11 nitrogen and oxygen atoms in total. The van der Waals surface area contributed by atoms with Crippen molar-refractivity contribution in [2.75, 3.05) is 13.1 Å². The van der Waals surface area contributed by atoms with Crippen LogP contribution >= 0.6 is 0 Å². The fourth-order valence-electron chi connectivity index (χ4n) is 7.24. The van der Waals surface area contributed by atoms with E-state index in [9.17, 15) is 24.0 Å². The topological polar surface area (TPSA) is 160 Å². The number of nitrogens with zero attached hydrogens (tertiary/aromatic N) is 1. The lowest BCUT2D eigenvalue weighted by atomic mass is 9.70. The van der Waals surface area contributed by atoms with Crippen molar-refractivity contribution < 1.29 is 28.7 Å². The number of fused-ring (bicyclic) bond motifs is 1. The molecular weight excluding hydrogens is 514 g/mol. The van der Waals surface area contributed by atoms with Crippen molar-refractivity contribution in [3.05, 3.63) is 0 Å². The predicted octanol–water partition coefficient (Wildman–Crippen LogP) is 1.83. The maximum Gasteiger partial charge on any atom is 0.408 e. The van der Waals surface area contributed by atoms with Crippen molar-refractivity contribution in [2.45, 2.75) is 110 Å². The predicted molar refractivity (Wildman–Crippen MR) is 147 cm³/mol. The Morgan fingerprint density at radius 1 is 1.10 bits per heavy atom. The first kappa shape index (κ1) is 30.1. The Labute approximate surface area is 237 Å². The summed E-state index contributed by atoms with van der Waals surface area (Å²) in [5.74, 6) is -1.98. The van der Waals surface area contributed by atoms with Gasteiger partial charge in [0.25, 0.3) is 0 Å². The fraction of sp³-hybridized carbons (Fsp3) is 0.828. The summed E-state index contributed by atoms with van der Waals surface area (Å²) < 4.78 is 5.52. The smallest absolute Gasteiger partial charge is 0.408 e. The summed E-state index contributed by atoms with van der Waals surface area (Å²) in [6.07, 6.45) is 4.55. The molecule has 0 unspecified atom stereocenters. The fourth-order valence-corrected chi connectivity index (χ4v) is 7.24. The third-order valence-electron chi connectivity index (χ3n) is 9.70. The van der Waals surface area contributed by atoms with Crippen molar-refractivity contribution in [3.8, 4) is 0 Å². The number of likely N-dealkylation sites (tertiary alicyclic amines) is 1. The Bertz CT molecular complexity index is 1050. The van der Waals surface area contributed by atoms with E-state index in [1.165, 1.54) is 0 Å². The molecule has 4 rings (SSSR count). The Balaban J connectivity index is 1.57. The standard InChI is InChI=1S/C29H47N5O6/c1-27(2,3)40-26(39)33-21(29(6)11-8-7-9-12-29)25(38)34-15-17-19(28(17,4)5)20(34)24(37)32-18(22(30)35)14-16-10-13-31-23(16)36/h16-21H,7-15H2,1-6H3,(H2,30,35)(H,31,36)(H,32,37)(H,33,39)/t16-,17-,18-,19-,20-,21+/m0/s1. The largest absolute Gasteiger partial charge is 0.444 e. The number of alkyl carbamates (subject to hydrolysis) is 1. The van der Waals surface area contributed by atoms with Crippen molar-refractivity contribution in [3.63, 3.8) is 0 Å². The second-order valence-electron chi connectivity index (χ2n) is 14.2. The number of rotatable bonds is 8. The zero-order chi connectivity index (χ0) is 29.6. The van der Waals surface area contributed by atoms with E-state index in [-0.39, 0.29) is 35.5 Å². The van der Waals surface area contributed by atoms with Crippen LogP contribution in [0.2, 0.25) is 0 Å². The van der Waals surface area contributed by atoms with Crippen molar-refractivity contribution in [2.24, 2.45) is 34.3 Å². The van der Waals surface area contributed by atoms with E-state index in [0.29, 0.717) is 19.5 Å². The lowest BCUT2D eigenvalue weighted by Crippen LogP contribution is -2.61. The highest BCUT2D eigenvalue weighted by molar-refractivity contribution is 5.95. The maximum absolute atomic E-state index is 14.3. The number of carbonyl (C=O) groups excluding carboxylic acids is 5. The first-order valence-corrected chi connectivity index (χ1v) is 14.7. The summed E-state index contributed by atoms with van der Waals surface area (Å²) in [5, 5.41) is 8.41. The van der Waals surface area contributed by atoms with E-state index >= 15 is 0 Å². The van der Waals surface area contributed by atoms with Crippen LogP contribution in [0.3, 0.4) is 0 Å². The lowest BCUT2D eigenvalue weighted by Gasteiger charge is -2.43. The minimum absolute atomic E-state index is 0.0823. The quantitative estimate of drug-likeness (QED) is 0.354. The van der Waals surface area contributed by atoms with Crippen LogP contribution in [-0.2, 0) is 23.9 Å². The maximum atomic E-state index is 14.3. The number of nitrogens with two attached hydrogens (primary N) is 1. The summed E-state index contributed by atoms with van der Waals surface area (Å²) in [4.78, 5) is 67.1. The van der Waals surface area contributed by atoms with Crippen LogP contribution in [0.4, 0.5) is 4.79 Å². The van der Waals surface area contributed by atoms with Gasteiger partial charge in [0.2, 0.25) is 23.6 Å². The number of ether oxygens (including phenoxy) is 1. The molecular formula is C29H47N5O6. The number of piperidine rings is 1. The summed E-state index contributed by atoms with van der Waals surface area (Å²) in [6.45, 7) is 12.4. The molecule has 224 valence electrons. The zero-order valence-corrected chi connectivity index (χ0v) is 24.8. The van der Waals surface area contributed by atoms with Crippen LogP contribution in [-0.4, -0.2) is 71.4 Å². The third kappa shape index (κ3) is 6.07. The van der Waals surface area contributed by atoms with Gasteiger partial charge in [-0.25, -0.2) is 4.79 Å². The molecule has 40 heavy (non-hydrogen) atoms. The van der Waals surface area contributed by atoms with Crippen LogP contribution in [0.15, 0.2) is 0 Å². The zero-order valence-electron chi connectivity index (χ0n) is 24.8. The van der Waals surface area contributed by atoms with Gasteiger partial charge in [0.15, 0.2) is 0 Å². The number of carbonyl (C=O) groups is 5. The van der Waals surface area contributed by atoms with Crippen molar-refractivity contribution >= 4 is 29.7 Å². The number of hydrogen-bond acceptors (Lipinski definition) is 6. The molecule has 5 amide bonds. The van der Waals surface area contributed by atoms with Crippen LogP contribution in [0.25, 0.3) is 0 Å². The Morgan fingerprint density at radius 2 is 1.75 bits per heavy atom. The normalized spacial score (nSPS) is 29.9. The monoisotopic (exact) mass is 561 g/mol. The van der Waals surface area contributed by atoms with Gasteiger partial charge in [-0.2, -0.15) is 0 Å². The highest BCUT2D eigenvalue weighted by Gasteiger charge is 2.70. The minimum Gasteiger partial charge on any atom is -0.444 e. The Kier molecular flexibility index (Phi) is 8.17. The second kappa shape index (κ2) is 10.9. The molecule has 2 heterocycles. The van der Waals surface area contributed by atoms with Gasteiger partial charge in [0.05, 0.1) is 0 Å². The first-order valence-electron chi connectivity index (χ1n) is 14.7. The summed E-state index contributed by atoms with van der Waals surface area (Å²) in [6, 6.07) is -2.68. The molecule has 2 saturated carbocycles. The van der Waals surface area contributed by atoms with Crippen LogP contribution in [0.5, 0.6) is 0 Å². The van der Waals surface area contributed by atoms with E-state index in [1.54, 1.807) is 25.7 Å². The van der Waals surface area contributed by atoms with Crippen molar-refractivity contribution in [1.82, 2.24) is 20.9 Å². The molecule has 6 atom stereocenters. The van der Waals surface area contributed by atoms with Gasteiger partial charge in [-0.3, -0.25) is 19.2 Å². The van der Waals surface area contributed by atoms with Crippen molar-refractivity contribution in [1.29, 1.82) is 0 Å². The molecule has 0 spiro atoms. The van der Waals surface area contributed by atoms with Crippen LogP contribution < -0.4 is 21.7 Å². The molecule has 0 aromatic carbocycles. The van der Waals surface area contributed by atoms with Crippen LogP contribution in [0.1, 0.15) is 86.5 Å². The van der Waals surface area contributed by atoms with Crippen LogP contribution in [0, 0.1) is 28.6 Å². The average Bonchev–Trinajstić information content (AvgIpc) is 3.19. The number of primary amides is 1. The number of hydrogen-bond donors (Lipinski definition) is 4. The Hall–Kier alpha value is -2.85. The van der Waals surface area contributed by atoms with Gasteiger partial charge >= 0.3 is 6.09 Å². The first-order chi connectivity index (χ1) is 18.5. The number of amides is 5. The Morgan fingerprint density at radius 3 is 2.30 bits per heavy atom. The average molecular weight is 562 g/mol. The van der Waals surface area contributed by atoms with E-state index in [4.69, 9.17) is 10.5 Å². The molecule has 5 N–H and O–H groups in total. The third-order valence-corrected chi connectivity index (χ3v) is 9.70. The van der Waals surface area contributed by atoms with Gasteiger partial charge in [0, 0.05) is 19.0 Å². The van der Waals surface area contributed by atoms with Gasteiger partial charge in [-0.15, -0.1) is 0 Å². The molecule has 2 aliphatic heterocycles. The van der Waals surface area contributed by atoms with E-state index < -0.39 is 53.0 Å². The number of nitrogens with one attached hydrogen (secondary N) is 3. The SMILES string of the molecule is CC(C)(C)OC(=O)N[C@H](C(=O)N1C[C@H]2[C@@H]([C@H]1C(=O)N[C@@H](C[C@@H]1CCNC1=O)C(N)=O)C2(C)C)C1(C)CCCCC1. The highest BCUT2D eigenvalue weighted by Crippen LogP contribution is 2.65. The summed E-state index contributed by atoms with van der Waals surface area (Å²) in [5.41, 5.74) is 4.28. The molecule has 0 aromatic rings. The minimum atomic E-state index is -1.02. The summed E-state index contributed by atoms with van der Waals surface area (Å²) in [7, 11) is 0. The lowest BCUT2D eigenvalue weighted by molar-refractivity contribution is -0.145. The van der Waals surface area contributed by atoms with Gasteiger partial charge < -0.3 is 31.3 Å². The molecule has 11 heteroatoms. The highest BCUT2D eigenvalue weighted by atomic mass is 16.6. The molecule has 2 aliphatic carbocycles. The molecule has 0 aromatic heterocycles. The molecule has 0 radical (unpaired) electrons. The molecule has 0 bridgehead atoms. The second-order valence-corrected chi connectivity index (χ2v) is 14.2. The van der Waals surface area contributed by atoms with Gasteiger partial charge in [-0.05, 0) is 69.1 Å².